The summed E-state index contributed by atoms with van der Waals surface area (Å²) in [5.74, 6) is 0.936. The Balaban J connectivity index is 1.17. The van der Waals surface area contributed by atoms with Crippen molar-refractivity contribution < 1.29 is 19.1 Å². The summed E-state index contributed by atoms with van der Waals surface area (Å²) in [6.45, 7) is 3.65. The first-order chi connectivity index (χ1) is 17.8. The summed E-state index contributed by atoms with van der Waals surface area (Å²) in [6.07, 6.45) is 3.18. The zero-order valence-electron chi connectivity index (χ0n) is 21.1. The number of carbonyl (C=O) groups excluding carboxylic acids is 3. The highest BCUT2D eigenvalue weighted by Gasteiger charge is 2.37. The SMILES string of the molecule is Cc1ccc(C(=O)c2ccc(O[C@@H]3CCN(c4cnc(N5CC(C(=O)N(C)C)C5)nc4)C3=O)cc2)cc1. The summed E-state index contributed by atoms with van der Waals surface area (Å²) in [5, 5.41) is 0. The van der Waals surface area contributed by atoms with Crippen molar-refractivity contribution in [3.63, 3.8) is 0 Å². The Kier molecular flexibility index (Phi) is 6.60. The van der Waals surface area contributed by atoms with Gasteiger partial charge in [-0.25, -0.2) is 9.97 Å². The molecule has 0 unspecified atom stereocenters. The molecule has 2 aliphatic heterocycles. The summed E-state index contributed by atoms with van der Waals surface area (Å²) >= 11 is 0. The lowest BCUT2D eigenvalue weighted by atomic mass is 9.99. The number of amides is 2. The molecule has 5 rings (SSSR count). The zero-order valence-corrected chi connectivity index (χ0v) is 21.1. The molecule has 1 atom stereocenters. The van der Waals surface area contributed by atoms with Gasteiger partial charge in [-0.05, 0) is 31.2 Å². The van der Waals surface area contributed by atoms with Crippen LogP contribution in [-0.4, -0.2) is 72.3 Å². The topological polar surface area (TPSA) is 95.9 Å². The first kappa shape index (κ1) is 24.4. The van der Waals surface area contributed by atoms with Gasteiger partial charge in [0, 0.05) is 51.3 Å². The van der Waals surface area contributed by atoms with Crippen LogP contribution in [0.3, 0.4) is 0 Å². The van der Waals surface area contributed by atoms with Crippen molar-refractivity contribution in [1.82, 2.24) is 14.9 Å². The number of benzene rings is 2. The van der Waals surface area contributed by atoms with E-state index in [4.69, 9.17) is 4.74 Å². The molecule has 0 N–H and O–H groups in total. The van der Waals surface area contributed by atoms with Crippen molar-refractivity contribution >= 4 is 29.2 Å². The van der Waals surface area contributed by atoms with Crippen molar-refractivity contribution in [3.05, 3.63) is 77.6 Å². The molecule has 0 aliphatic carbocycles. The minimum atomic E-state index is -0.619. The van der Waals surface area contributed by atoms with E-state index in [1.807, 2.05) is 36.1 Å². The highest BCUT2D eigenvalue weighted by atomic mass is 16.5. The fourth-order valence-corrected chi connectivity index (χ4v) is 4.52. The van der Waals surface area contributed by atoms with Crippen LogP contribution < -0.4 is 14.5 Å². The molecule has 190 valence electrons. The molecule has 9 nitrogen and oxygen atoms in total. The molecule has 2 fully saturated rings. The molecule has 3 aromatic rings. The van der Waals surface area contributed by atoms with Crippen molar-refractivity contribution in [2.75, 3.05) is 43.5 Å². The summed E-state index contributed by atoms with van der Waals surface area (Å²) in [4.78, 5) is 51.7. The van der Waals surface area contributed by atoms with Crippen molar-refractivity contribution in [2.24, 2.45) is 5.92 Å². The van der Waals surface area contributed by atoms with Crippen LogP contribution in [0.15, 0.2) is 60.9 Å². The monoisotopic (exact) mass is 499 g/mol. The lowest BCUT2D eigenvalue weighted by molar-refractivity contribution is -0.133. The van der Waals surface area contributed by atoms with E-state index in [9.17, 15) is 14.4 Å². The Hall–Kier alpha value is -4.27. The predicted molar refractivity (Wildman–Crippen MR) is 139 cm³/mol. The second-order valence-electron chi connectivity index (χ2n) is 9.68. The largest absolute Gasteiger partial charge is 0.481 e. The Bertz CT molecular complexity index is 1300. The number of nitrogens with zero attached hydrogens (tertiary/aromatic N) is 5. The van der Waals surface area contributed by atoms with Crippen molar-refractivity contribution in [2.45, 2.75) is 19.4 Å². The van der Waals surface area contributed by atoms with E-state index in [-0.39, 0.29) is 23.5 Å². The Morgan fingerprint density at radius 2 is 1.54 bits per heavy atom. The highest BCUT2D eigenvalue weighted by Crippen LogP contribution is 2.27. The van der Waals surface area contributed by atoms with Gasteiger partial charge < -0.3 is 19.4 Å². The van der Waals surface area contributed by atoms with Gasteiger partial charge in [-0.3, -0.25) is 14.4 Å². The highest BCUT2D eigenvalue weighted by molar-refractivity contribution is 6.09. The van der Waals surface area contributed by atoms with E-state index >= 15 is 0 Å². The fraction of sp³-hybridized carbons (Fsp3) is 0.321. The average Bonchev–Trinajstić information content (AvgIpc) is 3.23. The molecule has 2 aromatic carbocycles. The molecule has 9 heteroatoms. The van der Waals surface area contributed by atoms with E-state index in [0.29, 0.717) is 54.6 Å². The third-order valence-corrected chi connectivity index (χ3v) is 6.76. The quantitative estimate of drug-likeness (QED) is 0.461. The summed E-state index contributed by atoms with van der Waals surface area (Å²) < 4.78 is 5.95. The van der Waals surface area contributed by atoms with Gasteiger partial charge in [-0.15, -0.1) is 0 Å². The molecule has 37 heavy (non-hydrogen) atoms. The van der Waals surface area contributed by atoms with Crippen LogP contribution in [0.1, 0.15) is 27.9 Å². The first-order valence-electron chi connectivity index (χ1n) is 12.3. The molecule has 0 radical (unpaired) electrons. The number of ether oxygens (including phenoxy) is 1. The molecule has 1 aromatic heterocycles. The number of ketones is 1. The van der Waals surface area contributed by atoms with Crippen LogP contribution >= 0.6 is 0 Å². The van der Waals surface area contributed by atoms with Crippen LogP contribution in [0, 0.1) is 12.8 Å². The van der Waals surface area contributed by atoms with E-state index in [2.05, 4.69) is 9.97 Å². The third kappa shape index (κ3) is 5.02. The van der Waals surface area contributed by atoms with E-state index in [0.717, 1.165) is 5.56 Å². The number of carbonyl (C=O) groups is 3. The first-order valence-corrected chi connectivity index (χ1v) is 12.3. The summed E-state index contributed by atoms with van der Waals surface area (Å²) in [5.41, 5.74) is 2.90. The van der Waals surface area contributed by atoms with Gasteiger partial charge >= 0.3 is 0 Å². The second-order valence-corrected chi connectivity index (χ2v) is 9.68. The minimum Gasteiger partial charge on any atom is -0.481 e. The van der Waals surface area contributed by atoms with Crippen molar-refractivity contribution in [3.8, 4) is 5.75 Å². The maximum Gasteiger partial charge on any atom is 0.268 e. The Morgan fingerprint density at radius 1 is 0.946 bits per heavy atom. The Morgan fingerprint density at radius 3 is 2.14 bits per heavy atom. The minimum absolute atomic E-state index is 0.0360. The van der Waals surface area contributed by atoms with Gasteiger partial charge in [-0.1, -0.05) is 29.8 Å². The number of hydrogen-bond acceptors (Lipinski definition) is 7. The molecule has 3 heterocycles. The molecule has 0 spiro atoms. The van der Waals surface area contributed by atoms with Gasteiger partial charge in [-0.2, -0.15) is 0 Å². The lowest BCUT2D eigenvalue weighted by Gasteiger charge is -2.39. The van der Waals surface area contributed by atoms with Crippen molar-refractivity contribution in [1.29, 1.82) is 0 Å². The maximum absolute atomic E-state index is 13.0. The number of hydrogen-bond donors (Lipinski definition) is 0. The molecular formula is C28H29N5O4. The summed E-state index contributed by atoms with van der Waals surface area (Å²) in [7, 11) is 3.51. The molecule has 0 bridgehead atoms. The van der Waals surface area contributed by atoms with Crippen LogP contribution in [0.2, 0.25) is 0 Å². The number of anilines is 2. The fourth-order valence-electron chi connectivity index (χ4n) is 4.52. The zero-order chi connectivity index (χ0) is 26.1. The Labute approximate surface area is 215 Å². The third-order valence-electron chi connectivity index (χ3n) is 6.76. The molecule has 2 saturated heterocycles. The van der Waals surface area contributed by atoms with Crippen LogP contribution in [0.5, 0.6) is 5.75 Å². The number of aromatic nitrogens is 2. The van der Waals surface area contributed by atoms with Gasteiger partial charge in [0.1, 0.15) is 5.75 Å². The van der Waals surface area contributed by atoms with Crippen LogP contribution in [0.4, 0.5) is 11.6 Å². The van der Waals surface area contributed by atoms with Crippen LogP contribution in [-0.2, 0) is 9.59 Å². The van der Waals surface area contributed by atoms with Gasteiger partial charge in [0.05, 0.1) is 24.0 Å². The molecule has 2 aliphatic rings. The smallest absolute Gasteiger partial charge is 0.268 e. The van der Waals surface area contributed by atoms with E-state index in [1.165, 1.54) is 0 Å². The number of aryl methyl sites for hydroxylation is 1. The summed E-state index contributed by atoms with van der Waals surface area (Å²) in [6, 6.07) is 14.3. The average molecular weight is 500 g/mol. The van der Waals surface area contributed by atoms with Gasteiger partial charge in [0.25, 0.3) is 5.91 Å². The van der Waals surface area contributed by atoms with Gasteiger partial charge in [0.15, 0.2) is 11.9 Å². The van der Waals surface area contributed by atoms with E-state index in [1.54, 1.807) is 60.6 Å². The lowest BCUT2D eigenvalue weighted by Crippen LogP contribution is -2.54. The maximum atomic E-state index is 13.0. The normalized spacial score (nSPS) is 17.5. The van der Waals surface area contributed by atoms with Gasteiger partial charge in [0.2, 0.25) is 11.9 Å². The molecule has 0 saturated carbocycles. The number of rotatable bonds is 7. The molecule has 2 amide bonds. The predicted octanol–water partition coefficient (Wildman–Crippen LogP) is 2.72. The van der Waals surface area contributed by atoms with Crippen LogP contribution in [0.25, 0.3) is 0 Å². The standard InChI is InChI=1S/C28H29N5O4/c1-18-4-6-19(7-5-18)25(34)20-8-10-23(11-9-20)37-24-12-13-33(27(24)36)22-14-29-28(30-15-22)32-16-21(17-32)26(35)31(2)3/h4-11,14-15,21,24H,12-13,16-17H2,1-3H3/t24-/m1/s1. The molecular weight excluding hydrogens is 470 g/mol. The second kappa shape index (κ2) is 10.0. The van der Waals surface area contributed by atoms with E-state index < -0.39 is 6.10 Å².